The Kier molecular flexibility index (Phi) is 59.5. The van der Waals surface area contributed by atoms with E-state index >= 15 is 0 Å². The number of esters is 1. The quantitative estimate of drug-likeness (QED) is 0.0244. The van der Waals surface area contributed by atoms with Crippen molar-refractivity contribution in [2.45, 2.75) is 347 Å². The highest BCUT2D eigenvalue weighted by Crippen LogP contribution is 2.18. The number of unbranched alkanes of at least 4 members (excludes halogenated alkanes) is 41. The van der Waals surface area contributed by atoms with Gasteiger partial charge in [0.25, 0.3) is 0 Å². The van der Waals surface area contributed by atoms with Crippen LogP contribution in [0.25, 0.3) is 0 Å². The van der Waals surface area contributed by atoms with Gasteiger partial charge in [0, 0.05) is 12.8 Å². The van der Waals surface area contributed by atoms with E-state index in [1.807, 2.05) is 0 Å². The van der Waals surface area contributed by atoms with E-state index in [2.05, 4.69) is 67.8 Å². The Morgan fingerprint density at radius 1 is 0.403 bits per heavy atom. The largest absolute Gasteiger partial charge is 0.466 e. The van der Waals surface area contributed by atoms with Crippen molar-refractivity contribution < 1.29 is 24.5 Å². The van der Waals surface area contributed by atoms with Gasteiger partial charge in [0.15, 0.2) is 0 Å². The van der Waals surface area contributed by atoms with Crippen LogP contribution in [0.15, 0.2) is 48.6 Å². The van der Waals surface area contributed by atoms with Crippen molar-refractivity contribution >= 4 is 11.9 Å². The zero-order chi connectivity index (χ0) is 52.2. The van der Waals surface area contributed by atoms with E-state index in [1.165, 1.54) is 212 Å². The van der Waals surface area contributed by atoms with E-state index in [1.54, 1.807) is 0 Å². The Balaban J connectivity index is 3.51. The molecule has 6 heteroatoms. The van der Waals surface area contributed by atoms with Crippen molar-refractivity contribution in [3.63, 3.8) is 0 Å². The molecule has 0 heterocycles. The second kappa shape index (κ2) is 61.4. The van der Waals surface area contributed by atoms with Crippen LogP contribution in [0.2, 0.25) is 0 Å². The van der Waals surface area contributed by atoms with Crippen molar-refractivity contribution in [1.82, 2.24) is 5.32 Å². The fourth-order valence-electron chi connectivity index (χ4n) is 9.72. The lowest BCUT2D eigenvalue weighted by Crippen LogP contribution is -2.45. The Morgan fingerprint density at radius 3 is 1.15 bits per heavy atom. The zero-order valence-corrected chi connectivity index (χ0v) is 48.2. The van der Waals surface area contributed by atoms with E-state index in [0.29, 0.717) is 25.9 Å². The predicted octanol–water partition coefficient (Wildman–Crippen LogP) is 20.1. The maximum atomic E-state index is 12.5. The third-order valence-electron chi connectivity index (χ3n) is 14.6. The van der Waals surface area contributed by atoms with Gasteiger partial charge in [-0.2, -0.15) is 0 Å². The van der Waals surface area contributed by atoms with Gasteiger partial charge in [-0.15, -0.1) is 0 Å². The summed E-state index contributed by atoms with van der Waals surface area (Å²) < 4.78 is 5.45. The fraction of sp³-hybridized carbons (Fsp3) is 0.848. The summed E-state index contributed by atoms with van der Waals surface area (Å²) in [6.45, 7) is 4.89. The Hall–Kier alpha value is -2.18. The molecule has 0 fully saturated rings. The number of carbonyl (C=O) groups excluding carboxylic acids is 2. The molecule has 422 valence electrons. The minimum absolute atomic E-state index is 0.0348. The number of hydrogen-bond acceptors (Lipinski definition) is 5. The summed E-state index contributed by atoms with van der Waals surface area (Å²) in [4.78, 5) is 24.6. The number of carbonyl (C=O) groups is 2. The summed E-state index contributed by atoms with van der Waals surface area (Å²) in [6.07, 6.45) is 78.4. The third-order valence-corrected chi connectivity index (χ3v) is 14.6. The number of aliphatic hydroxyl groups is 2. The molecule has 1 amide bonds. The van der Waals surface area contributed by atoms with Crippen molar-refractivity contribution in [2.75, 3.05) is 13.2 Å². The van der Waals surface area contributed by atoms with Crippen molar-refractivity contribution in [1.29, 1.82) is 0 Å². The first-order valence-corrected chi connectivity index (χ1v) is 31.9. The summed E-state index contributed by atoms with van der Waals surface area (Å²) in [5, 5.41) is 23.4. The van der Waals surface area contributed by atoms with Gasteiger partial charge in [0.2, 0.25) is 5.91 Å². The van der Waals surface area contributed by atoms with E-state index in [4.69, 9.17) is 4.74 Å². The lowest BCUT2D eigenvalue weighted by molar-refractivity contribution is -0.143. The molecule has 0 bridgehead atoms. The second-order valence-electron chi connectivity index (χ2n) is 21.8. The normalized spacial score (nSPS) is 12.9. The van der Waals surface area contributed by atoms with Crippen LogP contribution in [-0.2, 0) is 14.3 Å². The van der Waals surface area contributed by atoms with E-state index in [0.717, 1.165) is 89.9 Å². The second-order valence-corrected chi connectivity index (χ2v) is 21.8. The molecular weight excluding hydrogens is 887 g/mol. The van der Waals surface area contributed by atoms with Gasteiger partial charge in [0.05, 0.1) is 25.4 Å². The number of ether oxygens (including phenoxy) is 1. The van der Waals surface area contributed by atoms with Crippen LogP contribution >= 0.6 is 0 Å². The van der Waals surface area contributed by atoms with Crippen molar-refractivity contribution in [2.24, 2.45) is 0 Å². The number of amides is 1. The van der Waals surface area contributed by atoms with E-state index < -0.39 is 12.1 Å². The van der Waals surface area contributed by atoms with Gasteiger partial charge < -0.3 is 20.3 Å². The third kappa shape index (κ3) is 57.1. The number of allylic oxidation sites excluding steroid dienone is 8. The topological polar surface area (TPSA) is 95.9 Å². The molecule has 0 saturated carbocycles. The zero-order valence-electron chi connectivity index (χ0n) is 48.2. The standard InChI is InChI=1S/C66H123NO5/c1-3-5-7-9-11-13-15-17-19-21-22-23-24-25-26-27-28-30-34-38-42-46-50-54-58-64(69)63(62-68)67-65(70)59-55-51-47-43-39-35-31-29-33-37-41-45-49-53-57-61-72-66(71)60-56-52-48-44-40-36-32-20-18-16-14-12-10-8-6-4-2/h14,16,20,29,32-33,37,41,63-64,68-69H,3-13,15,17-19,21-28,30-31,34-36,38-40,42-62H2,1-2H3,(H,67,70)/b16-14-,32-20-,33-29-,41-37-. The number of rotatable bonds is 59. The average molecular weight is 1010 g/mol. The molecule has 0 aliphatic rings. The fourth-order valence-corrected chi connectivity index (χ4v) is 9.72. The number of aliphatic hydroxyl groups excluding tert-OH is 2. The maximum absolute atomic E-state index is 12.5. The maximum Gasteiger partial charge on any atom is 0.305 e. The Morgan fingerprint density at radius 2 is 0.736 bits per heavy atom. The molecule has 0 spiro atoms. The van der Waals surface area contributed by atoms with Crippen LogP contribution in [-0.4, -0.2) is 47.4 Å². The first kappa shape index (κ1) is 69.8. The highest BCUT2D eigenvalue weighted by Gasteiger charge is 2.20. The molecule has 0 saturated heterocycles. The van der Waals surface area contributed by atoms with Gasteiger partial charge in [-0.05, 0) is 89.9 Å². The minimum atomic E-state index is -0.682. The Labute approximate surface area is 448 Å². The lowest BCUT2D eigenvalue weighted by Gasteiger charge is -2.22. The molecule has 3 N–H and O–H groups in total. The SMILES string of the molecule is CCCCCC/C=C\C/C=C\CCCCCCCC(=O)OCCCCC/C=C\C=C/CCCCCCCCC(=O)NC(CO)C(O)CCCCCCCCCCCCCCCCCCCCCCCCCC. The smallest absolute Gasteiger partial charge is 0.305 e. The molecule has 6 nitrogen and oxygen atoms in total. The molecule has 2 unspecified atom stereocenters. The molecule has 0 aliphatic carbocycles. The van der Waals surface area contributed by atoms with Crippen LogP contribution in [0, 0.1) is 0 Å². The molecular formula is C66H123NO5. The molecule has 0 aliphatic heterocycles. The number of nitrogens with one attached hydrogen (secondary N) is 1. The van der Waals surface area contributed by atoms with Gasteiger partial charge in [-0.3, -0.25) is 9.59 Å². The summed E-state index contributed by atoms with van der Waals surface area (Å²) in [7, 11) is 0. The van der Waals surface area contributed by atoms with Gasteiger partial charge in [-0.25, -0.2) is 0 Å². The van der Waals surface area contributed by atoms with Crippen LogP contribution < -0.4 is 5.32 Å². The highest BCUT2D eigenvalue weighted by molar-refractivity contribution is 5.76. The summed E-state index contributed by atoms with van der Waals surface area (Å²) >= 11 is 0. The predicted molar refractivity (Wildman–Crippen MR) is 315 cm³/mol. The monoisotopic (exact) mass is 1010 g/mol. The van der Waals surface area contributed by atoms with Crippen LogP contribution in [0.5, 0.6) is 0 Å². The van der Waals surface area contributed by atoms with Gasteiger partial charge in [0.1, 0.15) is 0 Å². The van der Waals surface area contributed by atoms with Gasteiger partial charge >= 0.3 is 5.97 Å². The van der Waals surface area contributed by atoms with Crippen molar-refractivity contribution in [3.8, 4) is 0 Å². The highest BCUT2D eigenvalue weighted by atomic mass is 16.5. The van der Waals surface area contributed by atoms with Crippen LogP contribution in [0.4, 0.5) is 0 Å². The molecule has 0 aromatic carbocycles. The first-order chi connectivity index (χ1) is 35.5. The lowest BCUT2D eigenvalue weighted by atomic mass is 10.0. The van der Waals surface area contributed by atoms with E-state index in [-0.39, 0.29) is 18.5 Å². The minimum Gasteiger partial charge on any atom is -0.466 e. The molecule has 0 aromatic heterocycles. The molecule has 72 heavy (non-hydrogen) atoms. The summed E-state index contributed by atoms with van der Waals surface area (Å²) in [6, 6.07) is -0.561. The average Bonchev–Trinajstić information content (AvgIpc) is 3.38. The summed E-state index contributed by atoms with van der Waals surface area (Å²) in [5.74, 6) is -0.0903. The molecule has 0 aromatic rings. The molecule has 0 radical (unpaired) electrons. The van der Waals surface area contributed by atoms with Gasteiger partial charge in [-0.1, -0.05) is 281 Å². The Bertz CT molecular complexity index is 1210. The van der Waals surface area contributed by atoms with E-state index in [9.17, 15) is 19.8 Å². The van der Waals surface area contributed by atoms with Crippen LogP contribution in [0.1, 0.15) is 335 Å². The molecule has 2 atom stereocenters. The first-order valence-electron chi connectivity index (χ1n) is 31.9. The number of hydrogen-bond donors (Lipinski definition) is 3. The van der Waals surface area contributed by atoms with Crippen molar-refractivity contribution in [3.05, 3.63) is 48.6 Å². The van der Waals surface area contributed by atoms with Crippen LogP contribution in [0.3, 0.4) is 0 Å². The molecule has 0 rings (SSSR count). The summed E-state index contributed by atoms with van der Waals surface area (Å²) in [5.41, 5.74) is 0.